The first-order valence-electron chi connectivity index (χ1n) is 22.7. The van der Waals surface area contributed by atoms with E-state index in [1.807, 2.05) is 38.1 Å². The summed E-state index contributed by atoms with van der Waals surface area (Å²) in [4.78, 5) is 61.8. The summed E-state index contributed by atoms with van der Waals surface area (Å²) >= 11 is 0. The van der Waals surface area contributed by atoms with Crippen molar-refractivity contribution in [3.05, 3.63) is 70.8 Å². The Morgan fingerprint density at radius 3 is 1.50 bits per heavy atom. The molecule has 4 aliphatic heterocycles. The van der Waals surface area contributed by atoms with E-state index in [1.54, 1.807) is 24.3 Å². The number of ketones is 2. The molecule has 2 saturated carbocycles. The minimum atomic E-state index is -1.31. The van der Waals surface area contributed by atoms with Gasteiger partial charge in [0, 0.05) is 36.3 Å². The van der Waals surface area contributed by atoms with Gasteiger partial charge in [0.1, 0.15) is 0 Å². The van der Waals surface area contributed by atoms with Crippen molar-refractivity contribution in [3.8, 4) is 23.0 Å². The first-order valence-corrected chi connectivity index (χ1v) is 25.2. The molecule has 2 saturated heterocycles. The van der Waals surface area contributed by atoms with Crippen LogP contribution in [0.15, 0.2) is 48.6 Å². The van der Waals surface area contributed by atoms with E-state index in [1.165, 1.54) is 60.1 Å². The zero-order chi connectivity index (χ0) is 42.6. The van der Waals surface area contributed by atoms with Gasteiger partial charge in [0.25, 0.3) is 0 Å². The van der Waals surface area contributed by atoms with Crippen molar-refractivity contribution in [2.24, 2.45) is 11.8 Å². The number of amides is 2. The summed E-state index contributed by atoms with van der Waals surface area (Å²) in [6, 6.07) is 7.02. The van der Waals surface area contributed by atoms with Crippen molar-refractivity contribution in [2.75, 3.05) is 37.7 Å². The highest BCUT2D eigenvalue weighted by molar-refractivity contribution is 8.77. The molecule has 326 valence electrons. The summed E-state index contributed by atoms with van der Waals surface area (Å²) in [6.07, 6.45) is 16.8. The molecule has 14 heteroatoms. The molecular formula is C48H54N4O8S2. The van der Waals surface area contributed by atoms with E-state index >= 15 is 0 Å². The fourth-order valence-corrected chi connectivity index (χ4v) is 16.3. The van der Waals surface area contributed by atoms with Crippen LogP contribution in [-0.4, -0.2) is 115 Å². The van der Waals surface area contributed by atoms with Crippen LogP contribution in [0.5, 0.6) is 23.0 Å². The van der Waals surface area contributed by atoms with Crippen molar-refractivity contribution in [3.63, 3.8) is 0 Å². The summed E-state index contributed by atoms with van der Waals surface area (Å²) < 4.78 is 13.2. The molecule has 8 atom stereocenters. The van der Waals surface area contributed by atoms with E-state index in [2.05, 4.69) is 20.4 Å². The van der Waals surface area contributed by atoms with E-state index in [0.29, 0.717) is 49.0 Å². The minimum Gasteiger partial charge on any atom is -0.504 e. The molecule has 4 bridgehead atoms. The van der Waals surface area contributed by atoms with Gasteiger partial charge in [-0.25, -0.2) is 0 Å². The van der Waals surface area contributed by atoms with Crippen LogP contribution in [0.4, 0.5) is 0 Å². The van der Waals surface area contributed by atoms with Gasteiger partial charge in [-0.3, -0.25) is 29.0 Å². The molecule has 2 spiro atoms. The SMILES string of the molecule is C[C@@]12Oc3c(O)ccc4c3[C@@]13CCN(CC1CCC1)C(C4)[C@]3(NC(=O)CSSCC(=O)N[C@@]13C=CC(=O)[C@]4(C)Oc5c(O)ccc6c5[C@@]41CCN(CC1CCC1)C3C6)C=CC2=O. The third-order valence-corrected chi connectivity index (χ3v) is 19.9. The average Bonchev–Trinajstić information content (AvgIpc) is 3.66. The summed E-state index contributed by atoms with van der Waals surface area (Å²) in [5, 5.41) is 29.3. The van der Waals surface area contributed by atoms with Crippen molar-refractivity contribution >= 4 is 45.0 Å². The number of phenols is 2. The van der Waals surface area contributed by atoms with Crippen LogP contribution in [0.1, 0.15) is 87.5 Å². The molecule has 0 radical (unpaired) electrons. The van der Waals surface area contributed by atoms with Gasteiger partial charge < -0.3 is 30.3 Å². The number of likely N-dealkylation sites (tertiary alicyclic amines) is 2. The van der Waals surface area contributed by atoms with Gasteiger partial charge in [0.15, 0.2) is 45.8 Å². The Morgan fingerprint density at radius 1 is 0.694 bits per heavy atom. The number of ether oxygens (including phenoxy) is 2. The molecule has 4 fully saturated rings. The quantitative estimate of drug-likeness (QED) is 0.181. The molecule has 6 aliphatic carbocycles. The van der Waals surface area contributed by atoms with Gasteiger partial charge in [0.05, 0.1) is 33.4 Å². The van der Waals surface area contributed by atoms with Gasteiger partial charge in [-0.15, -0.1) is 0 Å². The number of hydrogen-bond acceptors (Lipinski definition) is 12. The van der Waals surface area contributed by atoms with Crippen LogP contribution in [0.3, 0.4) is 0 Å². The Balaban J connectivity index is 0.807. The molecule has 2 aromatic carbocycles. The third kappa shape index (κ3) is 4.75. The molecule has 4 N–H and O–H groups in total. The van der Waals surface area contributed by atoms with Crippen LogP contribution in [0.25, 0.3) is 0 Å². The fraction of sp³-hybridized carbons (Fsp3) is 0.583. The lowest BCUT2D eigenvalue weighted by Gasteiger charge is -2.66. The predicted octanol–water partition coefficient (Wildman–Crippen LogP) is 4.81. The summed E-state index contributed by atoms with van der Waals surface area (Å²) in [5.41, 5.74) is -2.56. The molecule has 10 aliphatic rings. The highest BCUT2D eigenvalue weighted by Crippen LogP contribution is 2.69. The van der Waals surface area contributed by atoms with E-state index in [4.69, 9.17) is 9.47 Å². The molecule has 4 heterocycles. The van der Waals surface area contributed by atoms with Gasteiger partial charge in [0.2, 0.25) is 11.8 Å². The lowest BCUT2D eigenvalue weighted by Crippen LogP contribution is -2.83. The maximum atomic E-state index is 14.4. The van der Waals surface area contributed by atoms with Gasteiger partial charge in [-0.2, -0.15) is 0 Å². The molecule has 62 heavy (non-hydrogen) atoms. The molecule has 12 rings (SSSR count). The van der Waals surface area contributed by atoms with E-state index in [-0.39, 0.29) is 58.5 Å². The molecular weight excluding hydrogens is 825 g/mol. The lowest BCUT2D eigenvalue weighted by molar-refractivity contribution is -0.149. The van der Waals surface area contributed by atoms with E-state index < -0.39 is 33.1 Å². The number of carbonyl (C=O) groups excluding carboxylic acids is 4. The highest BCUT2D eigenvalue weighted by atomic mass is 33.1. The summed E-state index contributed by atoms with van der Waals surface area (Å²) in [6.45, 7) is 7.06. The van der Waals surface area contributed by atoms with Crippen molar-refractivity contribution < 1.29 is 38.9 Å². The van der Waals surface area contributed by atoms with Crippen molar-refractivity contribution in [1.82, 2.24) is 20.4 Å². The standard InChI is InChI=1S/C48H54N4O8S2/c1-43-35(55)13-15-47(33-21-29-9-11-31(53)41(59-43)39(29)45(43,47)17-19-51(33)23-27-5-3-6-27)49-37(57)25-61-62-26-38(58)50-48-16-14-36(56)44(2)46(48)18-20-52(24-28-7-4-8-28)34(48)22-30-10-12-32(54)42(60-44)40(30)46/h9-16,27-28,33-34,53-54H,3-8,17-26H2,1-2H3,(H,49,57)(H,50,58)/t33?,34?,43-,44-,45-,46-,47+,48+/m0/s1. The predicted molar refractivity (Wildman–Crippen MR) is 235 cm³/mol. The zero-order valence-electron chi connectivity index (χ0n) is 35.3. The smallest absolute Gasteiger partial charge is 0.231 e. The second-order valence-corrected chi connectivity index (χ2v) is 22.7. The number of aromatic hydroxyl groups is 2. The molecule has 0 aromatic heterocycles. The monoisotopic (exact) mass is 878 g/mol. The number of benzene rings is 2. The van der Waals surface area contributed by atoms with Crippen LogP contribution in [0, 0.1) is 11.8 Å². The van der Waals surface area contributed by atoms with Crippen LogP contribution < -0.4 is 20.1 Å². The largest absolute Gasteiger partial charge is 0.504 e. The van der Waals surface area contributed by atoms with Crippen molar-refractivity contribution in [2.45, 2.75) is 123 Å². The second-order valence-electron chi connectivity index (χ2n) is 20.3. The number of hydrogen-bond donors (Lipinski definition) is 4. The van der Waals surface area contributed by atoms with Gasteiger partial charge >= 0.3 is 0 Å². The summed E-state index contributed by atoms with van der Waals surface area (Å²) in [5.74, 6) is 1.36. The average molecular weight is 879 g/mol. The maximum Gasteiger partial charge on any atom is 0.231 e. The van der Waals surface area contributed by atoms with Crippen LogP contribution >= 0.6 is 21.6 Å². The van der Waals surface area contributed by atoms with Crippen LogP contribution in [0.2, 0.25) is 0 Å². The molecule has 12 nitrogen and oxygen atoms in total. The molecule has 2 aromatic rings. The summed E-state index contributed by atoms with van der Waals surface area (Å²) in [7, 11) is 2.65. The first kappa shape index (κ1) is 39.6. The Morgan fingerprint density at radius 2 is 1.11 bits per heavy atom. The van der Waals surface area contributed by atoms with E-state index in [0.717, 1.165) is 48.4 Å². The zero-order valence-corrected chi connectivity index (χ0v) is 36.9. The number of nitrogens with zero attached hydrogens (tertiary/aromatic N) is 2. The third-order valence-electron chi connectivity index (χ3n) is 17.8. The Kier molecular flexibility index (Phi) is 8.49. The van der Waals surface area contributed by atoms with Gasteiger partial charge in [-0.05, 0) is 126 Å². The Bertz CT molecular complexity index is 2270. The first-order chi connectivity index (χ1) is 29.8. The number of phenolic OH excluding ortho intramolecular Hbond substituents is 2. The normalized spacial score (nSPS) is 38.0. The molecule has 2 unspecified atom stereocenters. The fourth-order valence-electron chi connectivity index (χ4n) is 14.6. The van der Waals surface area contributed by atoms with E-state index in [9.17, 15) is 29.4 Å². The van der Waals surface area contributed by atoms with Gasteiger partial charge in [-0.1, -0.05) is 58.7 Å². The number of piperidine rings is 2. The van der Waals surface area contributed by atoms with Crippen molar-refractivity contribution in [1.29, 1.82) is 0 Å². The lowest BCUT2D eigenvalue weighted by atomic mass is 9.45. The number of rotatable bonds is 11. The highest BCUT2D eigenvalue weighted by Gasteiger charge is 2.79. The Hall–Kier alpha value is -3.98. The minimum absolute atomic E-state index is 0.00706. The second kappa shape index (κ2) is 13.3. The Labute approximate surface area is 369 Å². The number of carbonyl (C=O) groups is 4. The molecule has 2 amide bonds. The van der Waals surface area contributed by atoms with Crippen LogP contribution in [-0.2, 0) is 42.8 Å². The maximum absolute atomic E-state index is 14.4. The topological polar surface area (TPSA) is 158 Å². The number of nitrogens with one attached hydrogen (secondary N) is 2.